The van der Waals surface area contributed by atoms with Crippen molar-refractivity contribution >= 4 is 52.7 Å². The van der Waals surface area contributed by atoms with Crippen molar-refractivity contribution in [1.29, 1.82) is 0 Å². The van der Waals surface area contributed by atoms with Crippen molar-refractivity contribution in [3.63, 3.8) is 0 Å². The summed E-state index contributed by atoms with van der Waals surface area (Å²) in [5.41, 5.74) is 1.10. The molecule has 8 nitrogen and oxygen atoms in total. The Morgan fingerprint density at radius 2 is 1.67 bits per heavy atom. The molecule has 4 amide bonds. The van der Waals surface area contributed by atoms with Crippen LogP contribution in [0.3, 0.4) is 0 Å². The third-order valence-electron chi connectivity index (χ3n) is 10.4. The predicted octanol–water partition coefficient (Wildman–Crippen LogP) is 6.27. The molecule has 1 saturated carbocycles. The highest BCUT2D eigenvalue weighted by Crippen LogP contribution is 2.64. The quantitative estimate of drug-likeness (QED) is 0.260. The van der Waals surface area contributed by atoms with Gasteiger partial charge in [0, 0.05) is 11.5 Å². The number of benzene rings is 3. The molecule has 10 heteroatoms. The lowest BCUT2D eigenvalue weighted by Gasteiger charge is -2.49. The number of aromatic hydroxyl groups is 1. The fourth-order valence-corrected chi connectivity index (χ4v) is 8.31. The minimum atomic E-state index is -1.40. The number of anilines is 2. The molecule has 2 aliphatic heterocycles. The highest BCUT2D eigenvalue weighted by atomic mass is 35.5. The lowest BCUT2D eigenvalue weighted by Crippen LogP contribution is -2.48. The minimum Gasteiger partial charge on any atom is -0.508 e. The number of phenols is 1. The number of carbonyl (C=O) groups is 4. The van der Waals surface area contributed by atoms with E-state index in [9.17, 15) is 28.7 Å². The number of carbonyl (C=O) groups excluding carboxylic acids is 4. The normalized spacial score (nSPS) is 28.5. The van der Waals surface area contributed by atoms with Crippen molar-refractivity contribution in [2.45, 2.75) is 25.7 Å². The maximum absolute atomic E-state index is 14.5. The van der Waals surface area contributed by atoms with Crippen LogP contribution >= 0.6 is 11.6 Å². The molecule has 2 saturated heterocycles. The van der Waals surface area contributed by atoms with Crippen LogP contribution in [0.25, 0.3) is 6.08 Å². The predicted molar refractivity (Wildman–Crippen MR) is 170 cm³/mol. The highest BCUT2D eigenvalue weighted by molar-refractivity contribution is 6.32. The fourth-order valence-electron chi connectivity index (χ4n) is 8.13. The van der Waals surface area contributed by atoms with Crippen LogP contribution in [0.1, 0.15) is 36.8 Å². The van der Waals surface area contributed by atoms with Crippen molar-refractivity contribution in [1.82, 2.24) is 0 Å². The number of allylic oxidation sites excluding steroid dienone is 2. The van der Waals surface area contributed by atoms with Crippen LogP contribution in [0, 0.1) is 34.9 Å². The summed E-state index contributed by atoms with van der Waals surface area (Å²) in [6.07, 6.45) is 3.96. The Morgan fingerprint density at radius 3 is 2.35 bits per heavy atom. The van der Waals surface area contributed by atoms with Gasteiger partial charge in [0.05, 0.1) is 46.7 Å². The molecule has 2 heterocycles. The van der Waals surface area contributed by atoms with Gasteiger partial charge in [0.25, 0.3) is 0 Å². The molecule has 6 atom stereocenters. The van der Waals surface area contributed by atoms with Crippen molar-refractivity contribution in [2.24, 2.45) is 29.1 Å². The molecule has 7 rings (SSSR count). The smallest absolute Gasteiger partial charge is 0.241 e. The zero-order valence-electron chi connectivity index (χ0n) is 25.1. The van der Waals surface area contributed by atoms with Gasteiger partial charge in [0.15, 0.2) is 0 Å². The summed E-state index contributed by atoms with van der Waals surface area (Å²) in [6, 6.07) is 15.3. The molecule has 3 aromatic rings. The first-order valence-corrected chi connectivity index (χ1v) is 15.4. The van der Waals surface area contributed by atoms with E-state index in [0.29, 0.717) is 22.6 Å². The molecule has 2 aliphatic carbocycles. The Labute approximate surface area is 269 Å². The van der Waals surface area contributed by atoms with Gasteiger partial charge in [-0.3, -0.25) is 24.1 Å². The molecular formula is C36H30ClFN2O6. The Morgan fingerprint density at radius 1 is 0.957 bits per heavy atom. The van der Waals surface area contributed by atoms with Gasteiger partial charge >= 0.3 is 0 Å². The fraction of sp³-hybridized carbons (Fsp3) is 0.278. The van der Waals surface area contributed by atoms with Crippen LogP contribution in [-0.2, 0) is 19.2 Å². The second-order valence-corrected chi connectivity index (χ2v) is 12.9. The van der Waals surface area contributed by atoms with Gasteiger partial charge in [0.1, 0.15) is 17.3 Å². The summed E-state index contributed by atoms with van der Waals surface area (Å²) in [5.74, 6) is -5.85. The number of rotatable bonds is 5. The van der Waals surface area contributed by atoms with E-state index in [0.717, 1.165) is 16.5 Å². The number of halogens is 2. The zero-order valence-corrected chi connectivity index (χ0v) is 25.8. The molecule has 6 unspecified atom stereocenters. The number of fused-ring (bicyclic) bond motifs is 4. The van der Waals surface area contributed by atoms with Gasteiger partial charge in [-0.15, -0.1) is 0 Å². The van der Waals surface area contributed by atoms with Crippen molar-refractivity contribution in [2.75, 3.05) is 16.9 Å². The number of methoxy groups -OCH3 is 1. The van der Waals surface area contributed by atoms with E-state index in [1.54, 1.807) is 49.4 Å². The van der Waals surface area contributed by atoms with Crippen molar-refractivity contribution < 1.29 is 33.4 Å². The molecule has 234 valence electrons. The number of imide groups is 2. The van der Waals surface area contributed by atoms with Crippen LogP contribution < -0.4 is 14.5 Å². The summed E-state index contributed by atoms with van der Waals surface area (Å²) in [7, 11) is 1.48. The van der Waals surface area contributed by atoms with Gasteiger partial charge in [-0.1, -0.05) is 48.0 Å². The van der Waals surface area contributed by atoms with Crippen LogP contribution in [0.2, 0.25) is 5.02 Å². The standard InChI is InChI=1S/C36H30ClFN2O6/c1-4-18-5-7-19(8-6-18)39-32(42)23-12-11-22-24(30(23)34(39)44)17-26-33(43)40(20-9-13-28(38)27(37)15-20)35(45)36(26,2)31(22)25-16-21(46-3)10-14-29(25)41/h4-11,13-16,23-24,26,30-31,41H,1,12,17H2,2-3H3. The summed E-state index contributed by atoms with van der Waals surface area (Å²) in [5, 5.41) is 11.0. The van der Waals surface area contributed by atoms with E-state index in [2.05, 4.69) is 6.58 Å². The maximum atomic E-state index is 14.5. The number of hydrogen-bond acceptors (Lipinski definition) is 6. The van der Waals surface area contributed by atoms with E-state index >= 15 is 0 Å². The molecule has 0 aromatic heterocycles. The summed E-state index contributed by atoms with van der Waals surface area (Å²) in [4.78, 5) is 59.1. The molecule has 4 aliphatic rings. The lowest BCUT2D eigenvalue weighted by molar-refractivity contribution is -0.131. The molecule has 0 spiro atoms. The van der Waals surface area contributed by atoms with Gasteiger partial charge in [-0.2, -0.15) is 0 Å². The van der Waals surface area contributed by atoms with Crippen molar-refractivity contribution in [3.05, 3.63) is 101 Å². The third kappa shape index (κ3) is 4.10. The Bertz CT molecular complexity index is 1890. The van der Waals surface area contributed by atoms with Gasteiger partial charge in [-0.05, 0) is 79.8 Å². The first kappa shape index (κ1) is 29.9. The minimum absolute atomic E-state index is 0.101. The summed E-state index contributed by atoms with van der Waals surface area (Å²) >= 11 is 6.07. The van der Waals surface area contributed by atoms with Gasteiger partial charge < -0.3 is 9.84 Å². The number of nitrogens with zero attached hydrogens (tertiary/aromatic N) is 2. The van der Waals surface area contributed by atoms with Gasteiger partial charge in [0.2, 0.25) is 23.6 Å². The Hall–Kier alpha value is -4.76. The Kier molecular flexibility index (Phi) is 6.93. The van der Waals surface area contributed by atoms with Crippen molar-refractivity contribution in [3.8, 4) is 11.5 Å². The average molecular weight is 641 g/mol. The van der Waals surface area contributed by atoms with E-state index in [1.807, 2.05) is 6.08 Å². The molecule has 3 aromatic carbocycles. The molecule has 46 heavy (non-hydrogen) atoms. The molecule has 0 radical (unpaired) electrons. The van der Waals surface area contributed by atoms with E-state index in [1.165, 1.54) is 30.2 Å². The average Bonchev–Trinajstić information content (AvgIpc) is 3.42. The number of hydrogen-bond donors (Lipinski definition) is 1. The molecule has 3 fully saturated rings. The van der Waals surface area contributed by atoms with E-state index < -0.39 is 52.6 Å². The lowest BCUT2D eigenvalue weighted by atomic mass is 9.51. The van der Waals surface area contributed by atoms with E-state index in [-0.39, 0.29) is 41.1 Å². The monoisotopic (exact) mass is 640 g/mol. The summed E-state index contributed by atoms with van der Waals surface area (Å²) in [6.45, 7) is 5.46. The molecule has 0 bridgehead atoms. The topological polar surface area (TPSA) is 104 Å². The van der Waals surface area contributed by atoms with Crippen LogP contribution in [-0.4, -0.2) is 35.8 Å². The van der Waals surface area contributed by atoms with Crippen LogP contribution in [0.15, 0.2) is 78.9 Å². The second kappa shape index (κ2) is 10.7. The first-order valence-electron chi connectivity index (χ1n) is 15.0. The molecule has 1 N–H and O–H groups in total. The number of phenolic OH excluding ortho intramolecular Hbond substituents is 1. The largest absolute Gasteiger partial charge is 0.508 e. The third-order valence-corrected chi connectivity index (χ3v) is 10.7. The zero-order chi connectivity index (χ0) is 32.7. The van der Waals surface area contributed by atoms with E-state index in [4.69, 9.17) is 16.3 Å². The first-order chi connectivity index (χ1) is 22.0. The number of amides is 4. The second-order valence-electron chi connectivity index (χ2n) is 12.5. The SMILES string of the molecule is C=Cc1ccc(N2C(=O)C3CC=C4C(CC5C(=O)N(c6ccc(F)c(Cl)c6)C(=O)C5(C)C4c4cc(OC)ccc4O)C3C2=O)cc1. The van der Waals surface area contributed by atoms with Gasteiger partial charge in [-0.25, -0.2) is 9.29 Å². The van der Waals surface area contributed by atoms with Crippen LogP contribution in [0.4, 0.5) is 15.8 Å². The highest BCUT2D eigenvalue weighted by Gasteiger charge is 2.68. The summed E-state index contributed by atoms with van der Waals surface area (Å²) < 4.78 is 19.6. The van der Waals surface area contributed by atoms with Crippen LogP contribution in [0.5, 0.6) is 11.5 Å². The maximum Gasteiger partial charge on any atom is 0.241 e. The Balaban J connectivity index is 1.37. The number of ether oxygens (including phenoxy) is 1. The molecular weight excluding hydrogens is 611 g/mol.